The van der Waals surface area contributed by atoms with Gasteiger partial charge in [-0.1, -0.05) is 11.8 Å². The zero-order valence-corrected chi connectivity index (χ0v) is 14.1. The molecule has 2 heterocycles. The van der Waals surface area contributed by atoms with Gasteiger partial charge in [0.25, 0.3) is 5.91 Å². The van der Waals surface area contributed by atoms with Gasteiger partial charge in [-0.2, -0.15) is 5.10 Å². The first-order valence-corrected chi connectivity index (χ1v) is 8.25. The lowest BCUT2D eigenvalue weighted by atomic mass is 10.2. The van der Waals surface area contributed by atoms with Crippen molar-refractivity contribution in [2.24, 2.45) is 5.10 Å². The van der Waals surface area contributed by atoms with Crippen molar-refractivity contribution in [1.29, 1.82) is 0 Å². The van der Waals surface area contributed by atoms with Crippen LogP contribution < -0.4 is 14.9 Å². The number of ether oxygens (including phenoxy) is 2. The van der Waals surface area contributed by atoms with Crippen molar-refractivity contribution in [2.45, 2.75) is 19.0 Å². The number of benzene rings is 1. The summed E-state index contributed by atoms with van der Waals surface area (Å²) in [5.74, 6) is 1.36. The van der Waals surface area contributed by atoms with Crippen molar-refractivity contribution in [3.8, 4) is 11.5 Å². The standard InChI is InChI=1S/C16H16N4O3S/c1-10-5-11(2)19-16(18-10)24-8-15(21)20-17-7-12-3-4-13-14(6-12)23-9-22-13/h3-7H,8-9H2,1-2H3,(H,20,21). The molecule has 1 aliphatic rings. The molecule has 8 heteroatoms. The number of amides is 1. The van der Waals surface area contributed by atoms with Gasteiger partial charge in [-0.05, 0) is 43.7 Å². The number of thioether (sulfide) groups is 1. The number of aromatic nitrogens is 2. The van der Waals surface area contributed by atoms with Crippen LogP contribution in [0.5, 0.6) is 11.5 Å². The van der Waals surface area contributed by atoms with E-state index in [0.29, 0.717) is 16.7 Å². The molecular formula is C16H16N4O3S. The predicted molar refractivity (Wildman–Crippen MR) is 90.5 cm³/mol. The van der Waals surface area contributed by atoms with Crippen LogP contribution in [0.25, 0.3) is 0 Å². The summed E-state index contributed by atoms with van der Waals surface area (Å²) in [5.41, 5.74) is 5.05. The van der Waals surface area contributed by atoms with Crippen LogP contribution >= 0.6 is 11.8 Å². The zero-order valence-electron chi connectivity index (χ0n) is 13.3. The highest BCUT2D eigenvalue weighted by Gasteiger charge is 2.12. The number of hydrazone groups is 1. The summed E-state index contributed by atoms with van der Waals surface area (Å²) in [5, 5.41) is 4.52. The third-order valence-corrected chi connectivity index (χ3v) is 3.94. The number of carbonyl (C=O) groups excluding carboxylic acids is 1. The van der Waals surface area contributed by atoms with Gasteiger partial charge in [0.1, 0.15) is 0 Å². The van der Waals surface area contributed by atoms with Gasteiger partial charge in [-0.15, -0.1) is 0 Å². The average molecular weight is 344 g/mol. The maximum atomic E-state index is 11.8. The molecule has 2 aromatic rings. The highest BCUT2D eigenvalue weighted by molar-refractivity contribution is 7.99. The molecule has 0 spiro atoms. The van der Waals surface area contributed by atoms with Crippen LogP contribution in [0.2, 0.25) is 0 Å². The van der Waals surface area contributed by atoms with E-state index in [2.05, 4.69) is 20.5 Å². The van der Waals surface area contributed by atoms with Crippen LogP contribution in [-0.2, 0) is 4.79 Å². The second-order valence-corrected chi connectivity index (χ2v) is 6.07. The SMILES string of the molecule is Cc1cc(C)nc(SCC(=O)NN=Cc2ccc3c(c2)OCO3)n1. The Morgan fingerprint density at radius 1 is 1.25 bits per heavy atom. The van der Waals surface area contributed by atoms with Crippen LogP contribution in [0, 0.1) is 13.8 Å². The monoisotopic (exact) mass is 344 g/mol. The first-order valence-electron chi connectivity index (χ1n) is 7.27. The van der Waals surface area contributed by atoms with E-state index in [4.69, 9.17) is 9.47 Å². The molecule has 0 aliphatic carbocycles. The van der Waals surface area contributed by atoms with Crippen LogP contribution in [0.4, 0.5) is 0 Å². The molecule has 1 N–H and O–H groups in total. The lowest BCUT2D eigenvalue weighted by Gasteiger charge is -2.02. The van der Waals surface area contributed by atoms with E-state index in [1.165, 1.54) is 11.8 Å². The van der Waals surface area contributed by atoms with Gasteiger partial charge in [0.2, 0.25) is 6.79 Å². The Morgan fingerprint density at radius 3 is 2.79 bits per heavy atom. The van der Waals surface area contributed by atoms with Gasteiger partial charge in [0, 0.05) is 11.4 Å². The number of hydrogen-bond donors (Lipinski definition) is 1. The Balaban J connectivity index is 1.50. The maximum Gasteiger partial charge on any atom is 0.250 e. The molecule has 0 radical (unpaired) electrons. The van der Waals surface area contributed by atoms with Gasteiger partial charge in [-0.25, -0.2) is 15.4 Å². The lowest BCUT2D eigenvalue weighted by molar-refractivity contribution is -0.118. The minimum Gasteiger partial charge on any atom is -0.454 e. The molecule has 1 amide bonds. The van der Waals surface area contributed by atoms with Crippen molar-refractivity contribution < 1.29 is 14.3 Å². The number of nitrogens with one attached hydrogen (secondary N) is 1. The van der Waals surface area contributed by atoms with Gasteiger partial charge >= 0.3 is 0 Å². The molecule has 1 aromatic heterocycles. The van der Waals surface area contributed by atoms with E-state index in [-0.39, 0.29) is 18.5 Å². The van der Waals surface area contributed by atoms with Crippen LogP contribution in [-0.4, -0.2) is 34.6 Å². The lowest BCUT2D eigenvalue weighted by Crippen LogP contribution is -2.19. The van der Waals surface area contributed by atoms with Crippen molar-refractivity contribution >= 4 is 23.9 Å². The molecule has 3 rings (SSSR count). The van der Waals surface area contributed by atoms with Crippen molar-refractivity contribution in [2.75, 3.05) is 12.5 Å². The molecule has 0 atom stereocenters. The summed E-state index contributed by atoms with van der Waals surface area (Å²) in [7, 11) is 0. The molecule has 7 nitrogen and oxygen atoms in total. The summed E-state index contributed by atoms with van der Waals surface area (Å²) >= 11 is 1.27. The Labute approximate surface area is 143 Å². The summed E-state index contributed by atoms with van der Waals surface area (Å²) < 4.78 is 10.5. The molecule has 0 bridgehead atoms. The van der Waals surface area contributed by atoms with Crippen molar-refractivity contribution in [1.82, 2.24) is 15.4 Å². The van der Waals surface area contributed by atoms with E-state index in [1.54, 1.807) is 18.3 Å². The quantitative estimate of drug-likeness (QED) is 0.387. The van der Waals surface area contributed by atoms with E-state index in [1.807, 2.05) is 26.0 Å². The fourth-order valence-electron chi connectivity index (χ4n) is 2.09. The molecule has 124 valence electrons. The molecule has 1 aliphatic heterocycles. The molecular weight excluding hydrogens is 328 g/mol. The number of carbonyl (C=O) groups is 1. The van der Waals surface area contributed by atoms with Crippen molar-refractivity contribution in [3.05, 3.63) is 41.2 Å². The van der Waals surface area contributed by atoms with Gasteiger partial charge in [0.05, 0.1) is 12.0 Å². The van der Waals surface area contributed by atoms with Crippen LogP contribution in [0.15, 0.2) is 34.5 Å². The largest absolute Gasteiger partial charge is 0.454 e. The Bertz CT molecular complexity index is 775. The first kappa shape index (κ1) is 16.3. The zero-order chi connectivity index (χ0) is 16.9. The second kappa shape index (κ2) is 7.31. The van der Waals surface area contributed by atoms with Crippen molar-refractivity contribution in [3.63, 3.8) is 0 Å². The molecule has 0 fully saturated rings. The number of hydrogen-bond acceptors (Lipinski definition) is 7. The Kier molecular flexibility index (Phi) is 4.95. The molecule has 1 aromatic carbocycles. The van der Waals surface area contributed by atoms with Gasteiger partial charge < -0.3 is 9.47 Å². The van der Waals surface area contributed by atoms with Crippen LogP contribution in [0.3, 0.4) is 0 Å². The minimum atomic E-state index is -0.222. The topological polar surface area (TPSA) is 85.7 Å². The smallest absolute Gasteiger partial charge is 0.250 e. The third-order valence-electron chi connectivity index (χ3n) is 3.09. The highest BCUT2D eigenvalue weighted by atomic mass is 32.2. The van der Waals surface area contributed by atoms with E-state index in [0.717, 1.165) is 17.0 Å². The van der Waals surface area contributed by atoms with Crippen LogP contribution in [0.1, 0.15) is 17.0 Å². The minimum absolute atomic E-state index is 0.196. The van der Waals surface area contributed by atoms with Gasteiger partial charge in [0.15, 0.2) is 16.7 Å². The van der Waals surface area contributed by atoms with E-state index in [9.17, 15) is 4.79 Å². The molecule has 0 unspecified atom stereocenters. The number of rotatable bonds is 5. The molecule has 24 heavy (non-hydrogen) atoms. The average Bonchev–Trinajstić information content (AvgIpc) is 3.00. The highest BCUT2D eigenvalue weighted by Crippen LogP contribution is 2.31. The third kappa shape index (κ3) is 4.23. The second-order valence-electron chi connectivity index (χ2n) is 5.13. The molecule has 0 saturated carbocycles. The fourth-order valence-corrected chi connectivity index (χ4v) is 2.83. The summed E-state index contributed by atoms with van der Waals surface area (Å²) in [4.78, 5) is 20.4. The summed E-state index contributed by atoms with van der Waals surface area (Å²) in [6.45, 7) is 4.02. The number of aryl methyl sites for hydroxylation is 2. The molecule has 0 saturated heterocycles. The van der Waals surface area contributed by atoms with E-state index >= 15 is 0 Å². The van der Waals surface area contributed by atoms with Gasteiger partial charge in [-0.3, -0.25) is 4.79 Å². The number of nitrogens with zero attached hydrogens (tertiary/aromatic N) is 3. The first-order chi connectivity index (χ1) is 11.6. The summed E-state index contributed by atoms with van der Waals surface area (Å²) in [6, 6.07) is 7.33. The Hall–Kier alpha value is -2.61. The summed E-state index contributed by atoms with van der Waals surface area (Å²) in [6.07, 6.45) is 1.55. The Morgan fingerprint density at radius 2 is 2.00 bits per heavy atom. The number of fused-ring (bicyclic) bond motifs is 1. The maximum absolute atomic E-state index is 11.8. The fraction of sp³-hybridized carbons (Fsp3) is 0.250. The normalized spacial score (nSPS) is 12.6. The predicted octanol–water partition coefficient (Wildman–Crippen LogP) is 2.06. The van der Waals surface area contributed by atoms with E-state index < -0.39 is 0 Å².